The minimum absolute atomic E-state index is 0.140. The van der Waals surface area contributed by atoms with E-state index in [1.807, 2.05) is 0 Å². The molecule has 0 bridgehead atoms. The molecule has 134 valence electrons. The summed E-state index contributed by atoms with van der Waals surface area (Å²) in [5.74, 6) is 0.140. The van der Waals surface area contributed by atoms with Crippen LogP contribution in [-0.4, -0.2) is 36.5 Å². The summed E-state index contributed by atoms with van der Waals surface area (Å²) in [4.78, 5) is 15.1. The summed E-state index contributed by atoms with van der Waals surface area (Å²) in [7, 11) is 0. The zero-order valence-corrected chi connectivity index (χ0v) is 16.4. The van der Waals surface area contributed by atoms with Gasteiger partial charge in [0.1, 0.15) is 0 Å². The molecule has 5 heteroatoms. The maximum absolute atomic E-state index is 12.6. The van der Waals surface area contributed by atoms with Crippen LogP contribution < -0.4 is 11.1 Å². The molecule has 2 rings (SSSR count). The summed E-state index contributed by atoms with van der Waals surface area (Å²) < 4.78 is 1.11. The van der Waals surface area contributed by atoms with Gasteiger partial charge in [-0.2, -0.15) is 0 Å². The minimum Gasteiger partial charge on any atom is -0.353 e. The second-order valence-corrected chi connectivity index (χ2v) is 7.76. The Labute approximate surface area is 154 Å². The quantitative estimate of drug-likeness (QED) is 0.744. The number of hydrogen-bond donors (Lipinski definition) is 2. The molecule has 0 aromatic heterocycles. The molecule has 1 aliphatic heterocycles. The summed E-state index contributed by atoms with van der Waals surface area (Å²) in [6.07, 6.45) is 3.62. The van der Waals surface area contributed by atoms with Crippen molar-refractivity contribution in [3.63, 3.8) is 0 Å². The van der Waals surface area contributed by atoms with Gasteiger partial charge < -0.3 is 11.1 Å². The van der Waals surface area contributed by atoms with Crippen LogP contribution in [0.4, 0.5) is 0 Å². The van der Waals surface area contributed by atoms with Crippen molar-refractivity contribution in [3.8, 4) is 0 Å². The van der Waals surface area contributed by atoms with Gasteiger partial charge in [-0.1, -0.05) is 41.9 Å². The molecule has 1 fully saturated rings. The summed E-state index contributed by atoms with van der Waals surface area (Å²) in [6.45, 7) is 7.55. The fourth-order valence-electron chi connectivity index (χ4n) is 3.37. The monoisotopic (exact) mass is 395 g/mol. The Bertz CT molecular complexity index is 512. The Morgan fingerprint density at radius 1 is 1.25 bits per heavy atom. The summed E-state index contributed by atoms with van der Waals surface area (Å²) in [6, 6.07) is 8.78. The first-order valence-electron chi connectivity index (χ1n) is 9.01. The van der Waals surface area contributed by atoms with Crippen LogP contribution in [0, 0.1) is 5.41 Å². The lowest BCUT2D eigenvalue weighted by Gasteiger charge is -2.35. The fraction of sp³-hybridized carbons (Fsp3) is 0.632. The van der Waals surface area contributed by atoms with E-state index in [0.717, 1.165) is 49.8 Å². The molecule has 1 saturated heterocycles. The average molecular weight is 396 g/mol. The standard InChI is InChI=1S/C19H30BrN3O/c1-3-19(4-2,14-21)18(24)22-17-9-11-23(12-10-17)13-15-5-7-16(20)8-6-15/h5-8,17H,3-4,9-14,21H2,1-2H3,(H,22,24). The predicted octanol–water partition coefficient (Wildman–Crippen LogP) is 3.29. The number of nitrogens with zero attached hydrogens (tertiary/aromatic N) is 1. The maximum atomic E-state index is 12.6. The van der Waals surface area contributed by atoms with Gasteiger partial charge in [0.25, 0.3) is 0 Å². The molecule has 1 amide bonds. The second kappa shape index (κ2) is 8.97. The van der Waals surface area contributed by atoms with Crippen LogP contribution in [0.25, 0.3) is 0 Å². The van der Waals surface area contributed by atoms with E-state index in [9.17, 15) is 4.79 Å². The fourth-order valence-corrected chi connectivity index (χ4v) is 3.64. The summed E-state index contributed by atoms with van der Waals surface area (Å²) in [5, 5.41) is 3.25. The van der Waals surface area contributed by atoms with Crippen LogP contribution in [0.15, 0.2) is 28.7 Å². The molecule has 0 saturated carbocycles. The number of amides is 1. The van der Waals surface area contributed by atoms with Crippen LogP contribution in [0.1, 0.15) is 45.1 Å². The molecular formula is C19H30BrN3O. The van der Waals surface area contributed by atoms with Crippen molar-refractivity contribution >= 4 is 21.8 Å². The predicted molar refractivity (Wildman–Crippen MR) is 103 cm³/mol. The SMILES string of the molecule is CCC(CC)(CN)C(=O)NC1CCN(Cc2ccc(Br)cc2)CC1. The highest BCUT2D eigenvalue weighted by atomic mass is 79.9. The number of likely N-dealkylation sites (tertiary alicyclic amines) is 1. The minimum atomic E-state index is -0.394. The van der Waals surface area contributed by atoms with Crippen molar-refractivity contribution in [1.29, 1.82) is 0 Å². The van der Waals surface area contributed by atoms with E-state index < -0.39 is 5.41 Å². The summed E-state index contributed by atoms with van der Waals surface area (Å²) >= 11 is 3.47. The first kappa shape index (κ1) is 19.4. The third-order valence-corrected chi connectivity index (χ3v) is 6.00. The number of nitrogens with one attached hydrogen (secondary N) is 1. The topological polar surface area (TPSA) is 58.4 Å². The Hall–Kier alpha value is -0.910. The van der Waals surface area contributed by atoms with Crippen molar-refractivity contribution in [2.45, 2.75) is 52.1 Å². The number of nitrogens with two attached hydrogens (primary N) is 1. The molecule has 24 heavy (non-hydrogen) atoms. The molecule has 0 spiro atoms. The molecule has 1 heterocycles. The lowest BCUT2D eigenvalue weighted by atomic mass is 9.81. The lowest BCUT2D eigenvalue weighted by molar-refractivity contribution is -0.132. The highest BCUT2D eigenvalue weighted by Crippen LogP contribution is 2.26. The van der Waals surface area contributed by atoms with Crippen LogP contribution in [0.5, 0.6) is 0 Å². The first-order chi connectivity index (χ1) is 11.5. The molecule has 3 N–H and O–H groups in total. The van der Waals surface area contributed by atoms with E-state index in [0.29, 0.717) is 6.54 Å². The zero-order valence-electron chi connectivity index (χ0n) is 14.9. The van der Waals surface area contributed by atoms with Crippen molar-refractivity contribution < 1.29 is 4.79 Å². The van der Waals surface area contributed by atoms with Gasteiger partial charge in [0.05, 0.1) is 5.41 Å². The van der Waals surface area contributed by atoms with E-state index in [4.69, 9.17) is 5.73 Å². The van der Waals surface area contributed by atoms with Crippen LogP contribution in [0.2, 0.25) is 0 Å². The Morgan fingerprint density at radius 3 is 2.33 bits per heavy atom. The molecule has 0 unspecified atom stereocenters. The highest BCUT2D eigenvalue weighted by molar-refractivity contribution is 9.10. The number of piperidine rings is 1. The highest BCUT2D eigenvalue weighted by Gasteiger charge is 2.35. The van der Waals surface area contributed by atoms with Gasteiger partial charge in [-0.05, 0) is 43.4 Å². The van der Waals surface area contributed by atoms with Crippen LogP contribution in [0.3, 0.4) is 0 Å². The van der Waals surface area contributed by atoms with Gasteiger partial charge in [0.15, 0.2) is 0 Å². The van der Waals surface area contributed by atoms with E-state index in [2.05, 4.69) is 64.3 Å². The van der Waals surface area contributed by atoms with Gasteiger partial charge in [-0.25, -0.2) is 0 Å². The third kappa shape index (κ3) is 4.80. The van der Waals surface area contributed by atoms with Crippen LogP contribution in [-0.2, 0) is 11.3 Å². The molecule has 0 atom stereocenters. The lowest BCUT2D eigenvalue weighted by Crippen LogP contribution is -2.51. The zero-order chi connectivity index (χ0) is 17.6. The third-order valence-electron chi connectivity index (χ3n) is 5.47. The Kier molecular flexibility index (Phi) is 7.26. The molecule has 1 aromatic rings. The van der Waals surface area contributed by atoms with Gasteiger partial charge in [0, 0.05) is 36.7 Å². The van der Waals surface area contributed by atoms with Crippen molar-refractivity contribution in [2.75, 3.05) is 19.6 Å². The Morgan fingerprint density at radius 2 is 1.83 bits per heavy atom. The normalized spacial score (nSPS) is 17.0. The number of carbonyl (C=O) groups excluding carboxylic acids is 1. The van der Waals surface area contributed by atoms with Gasteiger partial charge >= 0.3 is 0 Å². The number of benzene rings is 1. The van der Waals surface area contributed by atoms with E-state index in [1.165, 1.54) is 5.56 Å². The van der Waals surface area contributed by atoms with Gasteiger partial charge in [-0.3, -0.25) is 9.69 Å². The van der Waals surface area contributed by atoms with Gasteiger partial charge in [0.2, 0.25) is 5.91 Å². The van der Waals surface area contributed by atoms with E-state index in [1.54, 1.807) is 0 Å². The molecule has 4 nitrogen and oxygen atoms in total. The van der Waals surface area contributed by atoms with Gasteiger partial charge in [-0.15, -0.1) is 0 Å². The number of rotatable bonds is 7. The number of halogens is 1. The second-order valence-electron chi connectivity index (χ2n) is 6.84. The Balaban J connectivity index is 1.82. The molecule has 1 aromatic carbocycles. The first-order valence-corrected chi connectivity index (χ1v) is 9.80. The maximum Gasteiger partial charge on any atom is 0.227 e. The average Bonchev–Trinajstić information content (AvgIpc) is 2.61. The summed E-state index contributed by atoms with van der Waals surface area (Å²) in [5.41, 5.74) is 6.82. The smallest absolute Gasteiger partial charge is 0.227 e. The number of carbonyl (C=O) groups is 1. The van der Waals surface area contributed by atoms with Crippen molar-refractivity contribution in [1.82, 2.24) is 10.2 Å². The molecule has 0 aliphatic carbocycles. The molecule has 1 aliphatic rings. The molecular weight excluding hydrogens is 366 g/mol. The van der Waals surface area contributed by atoms with Crippen LogP contribution >= 0.6 is 15.9 Å². The largest absolute Gasteiger partial charge is 0.353 e. The molecule has 0 radical (unpaired) electrons. The number of hydrogen-bond acceptors (Lipinski definition) is 3. The van der Waals surface area contributed by atoms with E-state index >= 15 is 0 Å². The van der Waals surface area contributed by atoms with E-state index in [-0.39, 0.29) is 11.9 Å². The van der Waals surface area contributed by atoms with Crippen molar-refractivity contribution in [2.24, 2.45) is 11.1 Å². The van der Waals surface area contributed by atoms with Crippen molar-refractivity contribution in [3.05, 3.63) is 34.3 Å².